The molecule has 0 aromatic carbocycles. The van der Waals surface area contributed by atoms with Gasteiger partial charge in [-0.15, -0.1) is 0 Å². The lowest BCUT2D eigenvalue weighted by Gasteiger charge is -2.08. The third kappa shape index (κ3) is 6.58. The van der Waals surface area contributed by atoms with Crippen molar-refractivity contribution in [1.29, 1.82) is 0 Å². The van der Waals surface area contributed by atoms with Gasteiger partial charge in [-0.05, 0) is 44.4 Å². The van der Waals surface area contributed by atoms with Crippen LogP contribution in [0.1, 0.15) is 78.1 Å². The third-order valence-corrected chi connectivity index (χ3v) is 4.10. The summed E-state index contributed by atoms with van der Waals surface area (Å²) in [5, 5.41) is 0. The van der Waals surface area contributed by atoms with E-state index in [-0.39, 0.29) is 0 Å². The number of rotatable bonds is 10. The van der Waals surface area contributed by atoms with Gasteiger partial charge in [0.25, 0.3) is 0 Å². The van der Waals surface area contributed by atoms with Crippen molar-refractivity contribution in [2.24, 2.45) is 5.92 Å². The highest BCUT2D eigenvalue weighted by molar-refractivity contribution is 5.10. The van der Waals surface area contributed by atoms with Crippen LogP contribution in [0.2, 0.25) is 0 Å². The summed E-state index contributed by atoms with van der Waals surface area (Å²) in [6.07, 6.45) is 15.7. The molecule has 1 rings (SSSR count). The first-order valence-corrected chi connectivity index (χ1v) is 8.15. The van der Waals surface area contributed by atoms with Gasteiger partial charge in [0.15, 0.2) is 0 Å². The molecule has 0 radical (unpaired) electrons. The number of ether oxygens (including phenoxy) is 1. The van der Waals surface area contributed by atoms with E-state index in [9.17, 15) is 0 Å². The van der Waals surface area contributed by atoms with E-state index < -0.39 is 0 Å². The van der Waals surface area contributed by atoms with Crippen LogP contribution in [0.5, 0.6) is 0 Å². The van der Waals surface area contributed by atoms with Gasteiger partial charge in [-0.2, -0.15) is 0 Å². The van der Waals surface area contributed by atoms with E-state index in [1.807, 2.05) is 0 Å². The second kappa shape index (κ2) is 10.6. The largest absolute Gasteiger partial charge is 0.381 e. The molecule has 1 aliphatic carbocycles. The number of unbranched alkanes of at least 4 members (excludes halogenated alkanes) is 4. The molecule has 18 heavy (non-hydrogen) atoms. The predicted octanol–water partition coefficient (Wildman–Crippen LogP) is 5.50. The van der Waals surface area contributed by atoms with Crippen LogP contribution >= 0.6 is 0 Å². The molecule has 0 spiro atoms. The Bertz CT molecular complexity index is 220. The van der Waals surface area contributed by atoms with E-state index in [0.717, 1.165) is 25.6 Å². The van der Waals surface area contributed by atoms with Gasteiger partial charge in [0.1, 0.15) is 0 Å². The van der Waals surface area contributed by atoms with Crippen molar-refractivity contribution in [2.75, 3.05) is 13.2 Å². The van der Waals surface area contributed by atoms with Crippen LogP contribution in [-0.2, 0) is 4.74 Å². The smallest absolute Gasteiger partial charge is 0.0500 e. The molecular formula is C17H32O. The lowest BCUT2D eigenvalue weighted by Crippen LogP contribution is -1.98. The maximum Gasteiger partial charge on any atom is 0.0500 e. The minimum absolute atomic E-state index is 0.888. The Hall–Kier alpha value is -0.300. The first kappa shape index (κ1) is 15.8. The summed E-state index contributed by atoms with van der Waals surface area (Å²) in [4.78, 5) is 0. The Balaban J connectivity index is 1.93. The van der Waals surface area contributed by atoms with E-state index in [4.69, 9.17) is 4.74 Å². The van der Waals surface area contributed by atoms with E-state index in [2.05, 4.69) is 19.9 Å². The average Bonchev–Trinajstić information content (AvgIpc) is 2.84. The van der Waals surface area contributed by atoms with Gasteiger partial charge < -0.3 is 4.74 Å². The summed E-state index contributed by atoms with van der Waals surface area (Å²) in [6, 6.07) is 0. The fourth-order valence-corrected chi connectivity index (χ4v) is 2.91. The molecule has 106 valence electrons. The van der Waals surface area contributed by atoms with E-state index >= 15 is 0 Å². The van der Waals surface area contributed by atoms with Gasteiger partial charge in [0, 0.05) is 6.61 Å². The normalized spacial score (nSPS) is 21.9. The van der Waals surface area contributed by atoms with Crippen LogP contribution < -0.4 is 0 Å². The average molecular weight is 252 g/mol. The maximum absolute atomic E-state index is 5.70. The van der Waals surface area contributed by atoms with Crippen LogP contribution in [-0.4, -0.2) is 13.2 Å². The van der Waals surface area contributed by atoms with E-state index in [0.29, 0.717) is 0 Å². The van der Waals surface area contributed by atoms with Gasteiger partial charge in [0.05, 0.1) is 6.61 Å². The topological polar surface area (TPSA) is 9.23 Å². The molecule has 0 aliphatic heterocycles. The molecule has 0 aromatic rings. The lowest BCUT2D eigenvalue weighted by atomic mass is 9.99. The van der Waals surface area contributed by atoms with Crippen LogP contribution in [0.3, 0.4) is 0 Å². The zero-order valence-electron chi connectivity index (χ0n) is 12.5. The zero-order chi connectivity index (χ0) is 13.1. The molecule has 0 unspecified atom stereocenters. The highest BCUT2D eigenvalue weighted by Crippen LogP contribution is 2.33. The van der Waals surface area contributed by atoms with Gasteiger partial charge in [-0.1, -0.05) is 51.2 Å². The Morgan fingerprint density at radius 2 is 1.94 bits per heavy atom. The van der Waals surface area contributed by atoms with Crippen molar-refractivity contribution < 1.29 is 4.74 Å². The quantitative estimate of drug-likeness (QED) is 0.368. The number of hydrogen-bond donors (Lipinski definition) is 0. The van der Waals surface area contributed by atoms with Crippen LogP contribution in [0.4, 0.5) is 0 Å². The van der Waals surface area contributed by atoms with Gasteiger partial charge in [-0.25, -0.2) is 0 Å². The molecule has 1 saturated carbocycles. The van der Waals surface area contributed by atoms with Crippen LogP contribution in [0.25, 0.3) is 0 Å². The van der Waals surface area contributed by atoms with Crippen molar-refractivity contribution in [1.82, 2.24) is 0 Å². The third-order valence-electron chi connectivity index (χ3n) is 4.10. The molecule has 1 fully saturated rings. The Kier molecular flexibility index (Phi) is 9.28. The fraction of sp³-hybridized carbons (Fsp3) is 0.882. The van der Waals surface area contributed by atoms with Gasteiger partial charge in [-0.3, -0.25) is 0 Å². The monoisotopic (exact) mass is 252 g/mol. The number of allylic oxidation sites excluding steroid dienone is 1. The summed E-state index contributed by atoms with van der Waals surface area (Å²) in [5.74, 6) is 0.888. The molecule has 0 N–H and O–H groups in total. The van der Waals surface area contributed by atoms with Crippen molar-refractivity contribution in [3.05, 3.63) is 11.6 Å². The van der Waals surface area contributed by atoms with Crippen LogP contribution in [0.15, 0.2) is 11.6 Å². The molecule has 0 aromatic heterocycles. The molecule has 0 amide bonds. The van der Waals surface area contributed by atoms with Crippen molar-refractivity contribution in [3.8, 4) is 0 Å². The first-order valence-electron chi connectivity index (χ1n) is 8.15. The van der Waals surface area contributed by atoms with Gasteiger partial charge in [0.2, 0.25) is 0 Å². The second-order valence-electron chi connectivity index (χ2n) is 5.59. The van der Waals surface area contributed by atoms with Crippen molar-refractivity contribution in [2.45, 2.75) is 78.1 Å². The van der Waals surface area contributed by atoms with E-state index in [1.165, 1.54) is 57.8 Å². The first-order chi connectivity index (χ1) is 8.88. The highest BCUT2D eigenvalue weighted by atomic mass is 16.5. The Labute approximate surface area is 114 Å². The molecule has 0 heterocycles. The summed E-state index contributed by atoms with van der Waals surface area (Å²) < 4.78 is 5.70. The molecular weight excluding hydrogens is 220 g/mol. The molecule has 0 saturated heterocycles. The summed E-state index contributed by atoms with van der Waals surface area (Å²) in [5.41, 5.74) is 1.71. The van der Waals surface area contributed by atoms with Gasteiger partial charge >= 0.3 is 0 Å². The lowest BCUT2D eigenvalue weighted by molar-refractivity contribution is 0.134. The molecule has 1 nitrogen and oxygen atoms in total. The SMILES string of the molecule is CCCCCCCOCC/C=C1\CCC[C@@H]1CC. The van der Waals surface area contributed by atoms with E-state index in [1.54, 1.807) is 5.57 Å². The van der Waals surface area contributed by atoms with Crippen LogP contribution in [0, 0.1) is 5.92 Å². The molecule has 1 heteroatoms. The summed E-state index contributed by atoms with van der Waals surface area (Å²) in [7, 11) is 0. The molecule has 1 atom stereocenters. The standard InChI is InChI=1S/C17H32O/c1-3-5-6-7-8-14-18-15-10-13-17-12-9-11-16(17)4-2/h13,16H,3-12,14-15H2,1-2H3/b17-13+/t16-/m0/s1. The van der Waals surface area contributed by atoms with Crippen molar-refractivity contribution >= 4 is 0 Å². The minimum Gasteiger partial charge on any atom is -0.381 e. The summed E-state index contributed by atoms with van der Waals surface area (Å²) >= 11 is 0. The predicted molar refractivity (Wildman–Crippen MR) is 79.9 cm³/mol. The second-order valence-corrected chi connectivity index (χ2v) is 5.59. The number of hydrogen-bond acceptors (Lipinski definition) is 1. The zero-order valence-corrected chi connectivity index (χ0v) is 12.5. The minimum atomic E-state index is 0.888. The maximum atomic E-state index is 5.70. The summed E-state index contributed by atoms with van der Waals surface area (Å²) in [6.45, 7) is 6.46. The highest BCUT2D eigenvalue weighted by Gasteiger charge is 2.17. The molecule has 1 aliphatic rings. The Morgan fingerprint density at radius 1 is 1.11 bits per heavy atom. The fourth-order valence-electron chi connectivity index (χ4n) is 2.91. The molecule has 0 bridgehead atoms. The van der Waals surface area contributed by atoms with Crippen molar-refractivity contribution in [3.63, 3.8) is 0 Å². The Morgan fingerprint density at radius 3 is 2.72 bits per heavy atom.